The van der Waals surface area contributed by atoms with E-state index in [2.05, 4.69) is 12.2 Å². The van der Waals surface area contributed by atoms with Crippen LogP contribution in [0.5, 0.6) is 17.2 Å². The second kappa shape index (κ2) is 7.93. The van der Waals surface area contributed by atoms with Gasteiger partial charge >= 0.3 is 6.03 Å². The van der Waals surface area contributed by atoms with Crippen molar-refractivity contribution >= 4 is 17.6 Å². The van der Waals surface area contributed by atoms with Crippen LogP contribution < -0.4 is 30.2 Å². The molecule has 2 atom stereocenters. The van der Waals surface area contributed by atoms with Crippen molar-refractivity contribution in [1.29, 1.82) is 0 Å². The number of amides is 3. The lowest BCUT2D eigenvalue weighted by Crippen LogP contribution is -2.45. The molecule has 0 fully saturated rings. The maximum Gasteiger partial charge on any atom is 0.312 e. The van der Waals surface area contributed by atoms with Gasteiger partial charge in [-0.05, 0) is 30.5 Å². The van der Waals surface area contributed by atoms with Crippen LogP contribution in [0.25, 0.3) is 0 Å². The molecule has 8 heteroatoms. The molecule has 32 heavy (non-hydrogen) atoms. The van der Waals surface area contributed by atoms with Crippen LogP contribution in [-0.2, 0) is 10.2 Å². The summed E-state index contributed by atoms with van der Waals surface area (Å²) in [6.07, 6.45) is 3.45. The summed E-state index contributed by atoms with van der Waals surface area (Å²) in [5.74, 6) is 1.88. The van der Waals surface area contributed by atoms with Crippen LogP contribution >= 0.6 is 0 Å². The van der Waals surface area contributed by atoms with Crippen molar-refractivity contribution in [1.82, 2.24) is 5.32 Å². The topological polar surface area (TPSA) is 103 Å². The van der Waals surface area contributed by atoms with Crippen molar-refractivity contribution in [3.05, 3.63) is 47.5 Å². The van der Waals surface area contributed by atoms with E-state index in [9.17, 15) is 9.59 Å². The Labute approximate surface area is 186 Å². The Kier molecular flexibility index (Phi) is 5.07. The van der Waals surface area contributed by atoms with Gasteiger partial charge < -0.3 is 30.2 Å². The van der Waals surface area contributed by atoms with E-state index in [1.165, 1.54) is 0 Å². The minimum atomic E-state index is -0.914. The molecule has 2 aromatic rings. The predicted octanol–water partition coefficient (Wildman–Crippen LogP) is 3.06. The average Bonchev–Trinajstić information content (AvgIpc) is 3.45. The number of nitrogens with one attached hydrogen (secondary N) is 1. The minimum Gasteiger partial charge on any atom is -0.491 e. The lowest BCUT2D eigenvalue weighted by molar-refractivity contribution is -0.122. The molecule has 1 spiro atoms. The molecular formula is C24H27N3O5. The summed E-state index contributed by atoms with van der Waals surface area (Å²) in [5, 5.41) is 2.83. The van der Waals surface area contributed by atoms with Crippen molar-refractivity contribution in [3.8, 4) is 17.2 Å². The second-order valence-electron chi connectivity index (χ2n) is 8.51. The van der Waals surface area contributed by atoms with Crippen LogP contribution in [0, 0.1) is 0 Å². The minimum absolute atomic E-state index is 0.0235. The van der Waals surface area contributed by atoms with Gasteiger partial charge in [0.05, 0.1) is 0 Å². The zero-order valence-electron chi connectivity index (χ0n) is 18.1. The van der Waals surface area contributed by atoms with Gasteiger partial charge in [0.25, 0.3) is 0 Å². The Bertz CT molecular complexity index is 1070. The number of primary amides is 1. The molecule has 0 saturated carbocycles. The average molecular weight is 437 g/mol. The first kappa shape index (κ1) is 20.5. The number of anilines is 1. The van der Waals surface area contributed by atoms with E-state index in [1.807, 2.05) is 41.3 Å². The third-order valence-electron chi connectivity index (χ3n) is 6.60. The molecular weight excluding hydrogens is 410 g/mol. The van der Waals surface area contributed by atoms with Gasteiger partial charge in [-0.3, -0.25) is 4.79 Å². The summed E-state index contributed by atoms with van der Waals surface area (Å²) in [4.78, 5) is 27.2. The number of para-hydroxylation sites is 1. The summed E-state index contributed by atoms with van der Waals surface area (Å²) in [7, 11) is 0. The lowest BCUT2D eigenvalue weighted by atomic mass is 9.77. The fourth-order valence-corrected chi connectivity index (χ4v) is 5.01. The van der Waals surface area contributed by atoms with E-state index in [-0.39, 0.29) is 25.3 Å². The first-order valence-corrected chi connectivity index (χ1v) is 11.1. The first-order valence-electron chi connectivity index (χ1n) is 11.1. The van der Waals surface area contributed by atoms with Gasteiger partial charge in [0.15, 0.2) is 11.5 Å². The van der Waals surface area contributed by atoms with Crippen molar-refractivity contribution in [2.75, 3.05) is 24.8 Å². The molecule has 0 bridgehead atoms. The number of hydrogen-bond donors (Lipinski definition) is 2. The predicted molar refractivity (Wildman–Crippen MR) is 118 cm³/mol. The summed E-state index contributed by atoms with van der Waals surface area (Å²) < 4.78 is 17.1. The number of urea groups is 1. The van der Waals surface area contributed by atoms with Gasteiger partial charge in [-0.15, -0.1) is 0 Å². The molecule has 2 unspecified atom stereocenters. The zero-order valence-corrected chi connectivity index (χ0v) is 18.1. The molecule has 0 radical (unpaired) electrons. The molecule has 8 nitrogen and oxygen atoms in total. The Morgan fingerprint density at radius 3 is 2.69 bits per heavy atom. The van der Waals surface area contributed by atoms with Crippen LogP contribution in [-0.4, -0.2) is 37.9 Å². The summed E-state index contributed by atoms with van der Waals surface area (Å²) in [5.41, 5.74) is 7.07. The molecule has 5 rings (SSSR count). The highest BCUT2D eigenvalue weighted by molar-refractivity contribution is 6.11. The van der Waals surface area contributed by atoms with Crippen molar-refractivity contribution < 1.29 is 23.8 Å². The Balaban J connectivity index is 1.47. The highest BCUT2D eigenvalue weighted by atomic mass is 16.7. The van der Waals surface area contributed by atoms with Gasteiger partial charge in [0.1, 0.15) is 17.8 Å². The molecule has 168 valence electrons. The molecule has 3 aliphatic heterocycles. The number of benzene rings is 2. The van der Waals surface area contributed by atoms with Gasteiger partial charge in [0.2, 0.25) is 12.7 Å². The third kappa shape index (κ3) is 3.13. The number of rotatable bonds is 7. The van der Waals surface area contributed by atoms with E-state index < -0.39 is 11.4 Å². The quantitative estimate of drug-likeness (QED) is 0.693. The van der Waals surface area contributed by atoms with E-state index in [0.717, 1.165) is 36.1 Å². The molecule has 3 aliphatic rings. The number of carbonyl (C=O) groups excluding carboxylic acids is 2. The smallest absolute Gasteiger partial charge is 0.312 e. The van der Waals surface area contributed by atoms with Gasteiger partial charge in [-0.1, -0.05) is 38.0 Å². The maximum absolute atomic E-state index is 14.0. The molecule has 3 N–H and O–H groups in total. The number of unbranched alkanes of at least 4 members (excludes halogenated alkanes) is 1. The van der Waals surface area contributed by atoms with E-state index in [1.54, 1.807) is 0 Å². The van der Waals surface area contributed by atoms with Crippen LogP contribution in [0.3, 0.4) is 0 Å². The van der Waals surface area contributed by atoms with Crippen LogP contribution in [0.1, 0.15) is 43.7 Å². The van der Waals surface area contributed by atoms with Gasteiger partial charge in [-0.2, -0.15) is 0 Å². The fourth-order valence-electron chi connectivity index (χ4n) is 5.01. The van der Waals surface area contributed by atoms with E-state index in [0.29, 0.717) is 30.2 Å². The number of nitrogens with zero attached hydrogens (tertiary/aromatic N) is 1. The number of fused-ring (bicyclic) bond motifs is 5. The highest BCUT2D eigenvalue weighted by Gasteiger charge is 2.57. The standard InChI is InChI=1S/C24H27N3O5/c1-2-3-6-15(26-23(25)29)9-10-27-18-8-5-4-7-16(18)24(22(27)28)13-30-19-12-21-20(11-17(19)24)31-14-32-21/h4-5,7-8,11-12,15H,2-3,6,9-10,13-14H2,1H3,(H3,25,26,29). The normalized spacial score (nSPS) is 20.8. The Morgan fingerprint density at radius 1 is 1.12 bits per heavy atom. The molecule has 0 aliphatic carbocycles. The Hall–Kier alpha value is -3.42. The Morgan fingerprint density at radius 2 is 1.91 bits per heavy atom. The van der Waals surface area contributed by atoms with Crippen molar-refractivity contribution in [3.63, 3.8) is 0 Å². The number of carbonyl (C=O) groups is 2. The van der Waals surface area contributed by atoms with E-state index in [4.69, 9.17) is 19.9 Å². The summed E-state index contributed by atoms with van der Waals surface area (Å²) >= 11 is 0. The number of hydrogen-bond acceptors (Lipinski definition) is 5. The van der Waals surface area contributed by atoms with Crippen LogP contribution in [0.2, 0.25) is 0 Å². The SMILES string of the molecule is CCCCC(CCN1C(=O)C2(COc3cc4c(cc32)OCO4)c2ccccc21)NC(N)=O. The highest BCUT2D eigenvalue weighted by Crippen LogP contribution is 2.55. The number of nitrogens with two attached hydrogens (primary N) is 1. The maximum atomic E-state index is 14.0. The van der Waals surface area contributed by atoms with Gasteiger partial charge in [-0.25, -0.2) is 4.79 Å². The molecule has 0 aromatic heterocycles. The third-order valence-corrected chi connectivity index (χ3v) is 6.60. The largest absolute Gasteiger partial charge is 0.491 e. The van der Waals surface area contributed by atoms with Crippen LogP contribution in [0.15, 0.2) is 36.4 Å². The first-order chi connectivity index (χ1) is 15.5. The monoisotopic (exact) mass is 437 g/mol. The fraction of sp³-hybridized carbons (Fsp3) is 0.417. The molecule has 2 aromatic carbocycles. The van der Waals surface area contributed by atoms with Crippen LogP contribution in [0.4, 0.5) is 10.5 Å². The lowest BCUT2D eigenvalue weighted by Gasteiger charge is -2.25. The second-order valence-corrected chi connectivity index (χ2v) is 8.51. The zero-order chi connectivity index (χ0) is 22.3. The molecule has 3 amide bonds. The molecule has 3 heterocycles. The number of ether oxygens (including phenoxy) is 3. The molecule has 0 saturated heterocycles. The van der Waals surface area contributed by atoms with E-state index >= 15 is 0 Å². The van der Waals surface area contributed by atoms with Crippen molar-refractivity contribution in [2.45, 2.75) is 44.1 Å². The van der Waals surface area contributed by atoms with Crippen molar-refractivity contribution in [2.24, 2.45) is 5.73 Å². The summed E-state index contributed by atoms with van der Waals surface area (Å²) in [6.45, 7) is 2.98. The summed E-state index contributed by atoms with van der Waals surface area (Å²) in [6, 6.07) is 10.9. The van der Waals surface area contributed by atoms with Gasteiger partial charge in [0, 0.05) is 29.9 Å².